The van der Waals surface area contributed by atoms with Crippen LogP contribution in [-0.2, 0) is 11.2 Å². The lowest BCUT2D eigenvalue weighted by atomic mass is 9.90. The van der Waals surface area contributed by atoms with Gasteiger partial charge in [0.05, 0.1) is 10.8 Å². The van der Waals surface area contributed by atoms with Crippen molar-refractivity contribution in [2.45, 2.75) is 12.3 Å². The Balaban J connectivity index is 2.04. The Kier molecular flexibility index (Phi) is 4.30. The van der Waals surface area contributed by atoms with E-state index in [4.69, 9.17) is 0 Å². The lowest BCUT2D eigenvalue weighted by molar-refractivity contribution is -0.384. The van der Waals surface area contributed by atoms with E-state index in [9.17, 15) is 24.8 Å². The van der Waals surface area contributed by atoms with Crippen molar-refractivity contribution in [1.82, 2.24) is 4.98 Å². The number of pyridine rings is 1. The molecule has 1 heterocycles. The minimum atomic E-state index is -1.06. The molecule has 1 aromatic heterocycles. The van der Waals surface area contributed by atoms with Crippen molar-refractivity contribution in [2.24, 2.45) is 0 Å². The van der Waals surface area contributed by atoms with Crippen molar-refractivity contribution in [3.63, 3.8) is 0 Å². The van der Waals surface area contributed by atoms with Gasteiger partial charge in [-0.2, -0.15) is 0 Å². The number of hydrogen-bond acceptors (Lipinski definition) is 4. The van der Waals surface area contributed by atoms with Gasteiger partial charge in [-0.1, -0.05) is 30.3 Å². The van der Waals surface area contributed by atoms with Gasteiger partial charge < -0.3 is 10.1 Å². The van der Waals surface area contributed by atoms with Crippen LogP contribution in [0.25, 0.3) is 10.9 Å². The molecule has 0 aliphatic carbocycles. The van der Waals surface area contributed by atoms with Crippen molar-refractivity contribution in [2.75, 3.05) is 0 Å². The summed E-state index contributed by atoms with van der Waals surface area (Å²) >= 11 is 0. The number of H-pyrrole nitrogens is 1. The third-order valence-corrected chi connectivity index (χ3v) is 4.04. The van der Waals surface area contributed by atoms with Crippen LogP contribution in [0.2, 0.25) is 0 Å². The van der Waals surface area contributed by atoms with Gasteiger partial charge in [-0.3, -0.25) is 19.7 Å². The second kappa shape index (κ2) is 6.56. The first-order valence-electron chi connectivity index (χ1n) is 7.54. The van der Waals surface area contributed by atoms with Gasteiger partial charge in [0.2, 0.25) is 5.56 Å². The Labute approximate surface area is 141 Å². The molecule has 0 saturated carbocycles. The van der Waals surface area contributed by atoms with Crippen LogP contribution in [0.3, 0.4) is 0 Å². The maximum Gasteiger partial charge on any atom is 0.311 e. The van der Waals surface area contributed by atoms with Gasteiger partial charge in [0.15, 0.2) is 0 Å². The van der Waals surface area contributed by atoms with Crippen LogP contribution in [-0.4, -0.2) is 21.0 Å². The topological polar surface area (TPSA) is 113 Å². The van der Waals surface area contributed by atoms with Gasteiger partial charge in [0, 0.05) is 29.1 Å². The molecule has 2 N–H and O–H groups in total. The number of aliphatic carboxylic acids is 1. The highest BCUT2D eigenvalue weighted by molar-refractivity contribution is 5.88. The second-order valence-electron chi connectivity index (χ2n) is 5.65. The van der Waals surface area contributed by atoms with E-state index in [0.29, 0.717) is 22.0 Å². The largest absolute Gasteiger partial charge is 0.481 e. The van der Waals surface area contributed by atoms with Crippen molar-refractivity contribution in [3.05, 3.63) is 86.2 Å². The van der Waals surface area contributed by atoms with Crippen molar-refractivity contribution in [1.29, 1.82) is 0 Å². The maximum absolute atomic E-state index is 11.9. The van der Waals surface area contributed by atoms with Crippen LogP contribution in [0, 0.1) is 10.1 Å². The highest BCUT2D eigenvalue weighted by Crippen LogP contribution is 2.27. The summed E-state index contributed by atoms with van der Waals surface area (Å²) in [5.74, 6) is -2.00. The second-order valence-corrected chi connectivity index (χ2v) is 5.65. The van der Waals surface area contributed by atoms with E-state index in [2.05, 4.69) is 4.98 Å². The SMILES string of the molecule is O=C(O)C(Cc1ccc([N+](=O)[O-])cc1)c1cc(=O)[nH]c2ccccc12. The number of nitro groups is 1. The number of para-hydroxylation sites is 1. The number of rotatable bonds is 5. The number of fused-ring (bicyclic) bond motifs is 1. The van der Waals surface area contributed by atoms with Crippen LogP contribution < -0.4 is 5.56 Å². The summed E-state index contributed by atoms with van der Waals surface area (Å²) in [7, 11) is 0. The zero-order chi connectivity index (χ0) is 18.0. The zero-order valence-corrected chi connectivity index (χ0v) is 13.0. The third-order valence-electron chi connectivity index (χ3n) is 4.04. The number of carboxylic acids is 1. The first kappa shape index (κ1) is 16.4. The van der Waals surface area contributed by atoms with Gasteiger partial charge >= 0.3 is 5.97 Å². The van der Waals surface area contributed by atoms with Crippen LogP contribution in [0.15, 0.2) is 59.4 Å². The van der Waals surface area contributed by atoms with E-state index >= 15 is 0 Å². The number of nitrogens with zero attached hydrogens (tertiary/aromatic N) is 1. The summed E-state index contributed by atoms with van der Waals surface area (Å²) < 4.78 is 0. The fourth-order valence-electron chi connectivity index (χ4n) is 2.84. The van der Waals surface area contributed by atoms with E-state index < -0.39 is 16.8 Å². The number of nitrogens with one attached hydrogen (secondary N) is 1. The van der Waals surface area contributed by atoms with E-state index in [0.717, 1.165) is 0 Å². The lowest BCUT2D eigenvalue weighted by Crippen LogP contribution is -2.18. The molecular weight excluding hydrogens is 324 g/mol. The van der Waals surface area contributed by atoms with Crippen LogP contribution >= 0.6 is 0 Å². The molecule has 1 atom stereocenters. The highest BCUT2D eigenvalue weighted by atomic mass is 16.6. The molecule has 0 saturated heterocycles. The first-order chi connectivity index (χ1) is 12.0. The Bertz CT molecular complexity index is 1010. The lowest BCUT2D eigenvalue weighted by Gasteiger charge is -2.15. The molecule has 7 nitrogen and oxygen atoms in total. The first-order valence-corrected chi connectivity index (χ1v) is 7.54. The molecule has 0 aliphatic heterocycles. The predicted octanol–water partition coefficient (Wildman–Crippen LogP) is 2.85. The molecule has 2 aromatic carbocycles. The molecule has 126 valence electrons. The molecule has 1 unspecified atom stereocenters. The minimum absolute atomic E-state index is 0.0581. The molecule has 25 heavy (non-hydrogen) atoms. The fourth-order valence-corrected chi connectivity index (χ4v) is 2.84. The van der Waals surface area contributed by atoms with Crippen LogP contribution in [0.5, 0.6) is 0 Å². The van der Waals surface area contributed by atoms with Crippen molar-refractivity contribution in [3.8, 4) is 0 Å². The van der Waals surface area contributed by atoms with Gasteiger partial charge in [-0.05, 0) is 23.6 Å². The highest BCUT2D eigenvalue weighted by Gasteiger charge is 2.23. The van der Waals surface area contributed by atoms with E-state index in [-0.39, 0.29) is 17.7 Å². The Hall–Kier alpha value is -3.48. The summed E-state index contributed by atoms with van der Waals surface area (Å²) in [6.45, 7) is 0. The quantitative estimate of drug-likeness (QED) is 0.548. The normalized spacial score (nSPS) is 12.0. The number of benzene rings is 2. The van der Waals surface area contributed by atoms with Crippen LogP contribution in [0.4, 0.5) is 5.69 Å². The van der Waals surface area contributed by atoms with Gasteiger partial charge in [0.25, 0.3) is 5.69 Å². The molecule has 0 aliphatic rings. The molecule has 3 rings (SSSR count). The molecule has 0 bridgehead atoms. The summed E-state index contributed by atoms with van der Waals surface area (Å²) in [5.41, 5.74) is 1.20. The number of carbonyl (C=O) groups is 1. The fraction of sp³-hybridized carbons (Fsp3) is 0.111. The van der Waals surface area contributed by atoms with Gasteiger partial charge in [0.1, 0.15) is 0 Å². The number of aromatic amines is 1. The summed E-state index contributed by atoms with van der Waals surface area (Å²) in [6.07, 6.45) is 0.126. The van der Waals surface area contributed by atoms with Crippen molar-refractivity contribution < 1.29 is 14.8 Å². The third kappa shape index (κ3) is 3.40. The van der Waals surface area contributed by atoms with Crippen LogP contribution in [0.1, 0.15) is 17.0 Å². The summed E-state index contributed by atoms with van der Waals surface area (Å²) in [4.78, 5) is 36.6. The molecule has 0 radical (unpaired) electrons. The van der Waals surface area contributed by atoms with E-state index in [1.54, 1.807) is 24.3 Å². The number of hydrogen-bond donors (Lipinski definition) is 2. The van der Waals surface area contributed by atoms with E-state index in [1.807, 2.05) is 0 Å². The summed E-state index contributed by atoms with van der Waals surface area (Å²) in [5, 5.41) is 21.0. The molecule has 0 amide bonds. The van der Waals surface area contributed by atoms with Gasteiger partial charge in [-0.15, -0.1) is 0 Å². The number of aromatic nitrogens is 1. The number of non-ortho nitro benzene ring substituents is 1. The monoisotopic (exact) mass is 338 g/mol. The summed E-state index contributed by atoms with van der Waals surface area (Å²) in [6, 6.07) is 14.0. The standard InChI is InChI=1S/C18H14N2O5/c21-17-10-14(13-3-1-2-4-16(13)19-17)15(18(22)23)9-11-5-7-12(8-6-11)20(24)25/h1-8,10,15H,9H2,(H,19,21)(H,22,23). The Morgan fingerprint density at radius 3 is 2.48 bits per heavy atom. The molecule has 3 aromatic rings. The maximum atomic E-state index is 11.9. The average molecular weight is 338 g/mol. The van der Waals surface area contributed by atoms with Gasteiger partial charge in [-0.25, -0.2) is 0 Å². The van der Waals surface area contributed by atoms with E-state index in [1.165, 1.54) is 30.3 Å². The van der Waals surface area contributed by atoms with Crippen molar-refractivity contribution >= 4 is 22.6 Å². The zero-order valence-electron chi connectivity index (χ0n) is 13.0. The number of nitro benzene ring substituents is 1. The Morgan fingerprint density at radius 2 is 1.84 bits per heavy atom. The molecule has 7 heteroatoms. The predicted molar refractivity (Wildman–Crippen MR) is 91.7 cm³/mol. The molecule has 0 fully saturated rings. The average Bonchev–Trinajstić information content (AvgIpc) is 2.59. The number of carboxylic acid groups (broad SMARTS) is 1. The molecule has 0 spiro atoms. The minimum Gasteiger partial charge on any atom is -0.481 e. The Morgan fingerprint density at radius 1 is 1.16 bits per heavy atom. The molecular formula is C18H14N2O5. The smallest absolute Gasteiger partial charge is 0.311 e.